The largest absolute Gasteiger partial charge is 0.279 e. The van der Waals surface area contributed by atoms with E-state index in [0.29, 0.717) is 15.4 Å². The van der Waals surface area contributed by atoms with Crippen molar-refractivity contribution in [2.24, 2.45) is 0 Å². The van der Waals surface area contributed by atoms with Crippen LogP contribution in [0.1, 0.15) is 0 Å². The summed E-state index contributed by atoms with van der Waals surface area (Å²) in [6, 6.07) is 31.2. The van der Waals surface area contributed by atoms with Crippen LogP contribution in [0.3, 0.4) is 0 Å². The van der Waals surface area contributed by atoms with E-state index in [1.165, 1.54) is 0 Å². The van der Waals surface area contributed by atoms with Crippen molar-refractivity contribution in [3.63, 3.8) is 0 Å². The van der Waals surface area contributed by atoms with Crippen LogP contribution in [0.4, 0.5) is 0 Å². The first-order valence-corrected chi connectivity index (χ1v) is 11.0. The second-order valence-corrected chi connectivity index (χ2v) is 8.57. The maximum absolute atomic E-state index is 13.7. The van der Waals surface area contributed by atoms with Crippen LogP contribution in [0.5, 0.6) is 0 Å². The molecule has 0 bridgehead atoms. The zero-order valence-corrected chi connectivity index (χ0v) is 18.3. The van der Waals surface area contributed by atoms with Crippen LogP contribution in [0.15, 0.2) is 102 Å². The first-order valence-electron chi connectivity index (χ1n) is 10.2. The van der Waals surface area contributed by atoms with Gasteiger partial charge in [0, 0.05) is 26.6 Å². The average molecular weight is 455 g/mol. The van der Waals surface area contributed by atoms with Gasteiger partial charge < -0.3 is 0 Å². The molecule has 0 amide bonds. The van der Waals surface area contributed by atoms with Crippen molar-refractivity contribution >= 4 is 45.0 Å². The summed E-state index contributed by atoms with van der Waals surface area (Å²) in [5, 5.41) is 3.02. The number of benzene rings is 4. The summed E-state index contributed by atoms with van der Waals surface area (Å²) in [6.07, 6.45) is 0. The fraction of sp³-hybridized carbons (Fsp3) is 0. The number of para-hydroxylation sites is 2. The molecule has 154 valence electrons. The molecule has 32 heavy (non-hydrogen) atoms. The Hall–Kier alpha value is -3.53. The minimum atomic E-state index is -0.0634. The van der Waals surface area contributed by atoms with Gasteiger partial charge >= 0.3 is 0 Å². The van der Waals surface area contributed by atoms with Gasteiger partial charge in [0.1, 0.15) is 0 Å². The summed E-state index contributed by atoms with van der Waals surface area (Å²) in [6.45, 7) is 0. The van der Waals surface area contributed by atoms with Crippen molar-refractivity contribution in [3.8, 4) is 22.4 Å². The maximum Gasteiger partial charge on any atom is 0.279 e. The van der Waals surface area contributed by atoms with E-state index in [2.05, 4.69) is 6.07 Å². The van der Waals surface area contributed by atoms with E-state index in [1.807, 2.05) is 95.5 Å². The van der Waals surface area contributed by atoms with Gasteiger partial charge in [-0.3, -0.25) is 4.79 Å². The molecule has 0 radical (unpaired) electrons. The fourth-order valence-corrected chi connectivity index (χ4v) is 4.73. The van der Waals surface area contributed by atoms with Gasteiger partial charge in [-0.2, -0.15) is 0 Å². The minimum Gasteiger partial charge on any atom is -0.267 e. The van der Waals surface area contributed by atoms with Gasteiger partial charge in [-0.05, 0) is 48.0 Å². The molecule has 3 nitrogen and oxygen atoms in total. The zero-order valence-electron chi connectivity index (χ0n) is 16.8. The number of hydrogen-bond donors (Lipinski definition) is 0. The van der Waals surface area contributed by atoms with E-state index in [0.717, 1.165) is 38.8 Å². The van der Waals surface area contributed by atoms with Gasteiger partial charge in [0.15, 0.2) is 0 Å². The maximum atomic E-state index is 13.7. The minimum absolute atomic E-state index is 0.0634. The molecule has 4 aromatic carbocycles. The van der Waals surface area contributed by atoms with E-state index in [-0.39, 0.29) is 5.56 Å². The van der Waals surface area contributed by atoms with Crippen LogP contribution in [0.2, 0.25) is 10.0 Å². The summed E-state index contributed by atoms with van der Waals surface area (Å²) in [5.74, 6) is 0. The highest BCUT2D eigenvalue weighted by Gasteiger charge is 2.21. The van der Waals surface area contributed by atoms with Gasteiger partial charge in [0.2, 0.25) is 0 Å². The third kappa shape index (κ3) is 2.79. The standard InChI is InChI=1S/C27H16Cl2N2O/c28-19-13-9-17(10-14-19)25-21-5-1-3-7-23(21)30-24-8-4-2-6-22(24)27(32)31(30)26(25)18-11-15-20(29)16-12-18/h1-16H. The van der Waals surface area contributed by atoms with Crippen LogP contribution < -0.4 is 5.56 Å². The smallest absolute Gasteiger partial charge is 0.267 e. The Labute approximate surface area is 193 Å². The molecule has 6 rings (SSSR count). The topological polar surface area (TPSA) is 25.9 Å². The van der Waals surface area contributed by atoms with E-state index in [9.17, 15) is 4.79 Å². The zero-order chi connectivity index (χ0) is 21.8. The molecule has 0 N–H and O–H groups in total. The Balaban J connectivity index is 1.93. The van der Waals surface area contributed by atoms with Gasteiger partial charge in [-0.25, -0.2) is 9.03 Å². The van der Waals surface area contributed by atoms with Crippen molar-refractivity contribution in [2.45, 2.75) is 0 Å². The van der Waals surface area contributed by atoms with E-state index in [4.69, 9.17) is 23.2 Å². The first-order chi connectivity index (χ1) is 15.6. The number of rotatable bonds is 2. The average Bonchev–Trinajstić information content (AvgIpc) is 3.12. The highest BCUT2D eigenvalue weighted by atomic mass is 35.5. The lowest BCUT2D eigenvalue weighted by atomic mass is 9.95. The third-order valence-electron chi connectivity index (χ3n) is 5.86. The lowest BCUT2D eigenvalue weighted by Crippen LogP contribution is -2.16. The molecule has 0 fully saturated rings. The van der Waals surface area contributed by atoms with Crippen molar-refractivity contribution < 1.29 is 0 Å². The summed E-state index contributed by atoms with van der Waals surface area (Å²) in [7, 11) is 0. The second-order valence-electron chi connectivity index (χ2n) is 7.70. The van der Waals surface area contributed by atoms with Crippen molar-refractivity contribution in [1.29, 1.82) is 0 Å². The molecule has 0 spiro atoms. The molecule has 0 aliphatic heterocycles. The molecule has 2 heterocycles. The molecule has 0 saturated carbocycles. The Morgan fingerprint density at radius 2 is 1.03 bits per heavy atom. The number of halogens is 2. The van der Waals surface area contributed by atoms with Crippen molar-refractivity contribution in [1.82, 2.24) is 9.03 Å². The van der Waals surface area contributed by atoms with Gasteiger partial charge in [0.25, 0.3) is 5.56 Å². The van der Waals surface area contributed by atoms with Crippen molar-refractivity contribution in [2.75, 3.05) is 0 Å². The van der Waals surface area contributed by atoms with Crippen molar-refractivity contribution in [3.05, 3.63) is 117 Å². The Kier molecular flexibility index (Phi) is 4.35. The lowest BCUT2D eigenvalue weighted by molar-refractivity contribution is 0.852. The Morgan fingerprint density at radius 1 is 0.531 bits per heavy atom. The molecule has 5 heteroatoms. The number of fused-ring (bicyclic) bond motifs is 5. The van der Waals surface area contributed by atoms with Crippen LogP contribution in [0.25, 0.3) is 44.2 Å². The summed E-state index contributed by atoms with van der Waals surface area (Å²) in [4.78, 5) is 13.7. The number of hydrogen-bond acceptors (Lipinski definition) is 1. The molecular weight excluding hydrogens is 439 g/mol. The summed E-state index contributed by atoms with van der Waals surface area (Å²) >= 11 is 12.4. The Morgan fingerprint density at radius 3 is 1.66 bits per heavy atom. The summed E-state index contributed by atoms with van der Waals surface area (Å²) < 4.78 is 3.79. The molecule has 0 aliphatic rings. The molecule has 0 unspecified atom stereocenters. The predicted octanol–water partition coefficient (Wildman–Crippen LogP) is 7.35. The highest BCUT2D eigenvalue weighted by molar-refractivity contribution is 6.31. The Bertz CT molecular complexity index is 1700. The van der Waals surface area contributed by atoms with Crippen LogP contribution in [0, 0.1) is 0 Å². The monoisotopic (exact) mass is 454 g/mol. The molecule has 6 aromatic rings. The quantitative estimate of drug-likeness (QED) is 0.268. The molecule has 0 saturated heterocycles. The molecule has 0 atom stereocenters. The van der Waals surface area contributed by atoms with Crippen LogP contribution in [-0.4, -0.2) is 9.03 Å². The van der Waals surface area contributed by atoms with Gasteiger partial charge in [0.05, 0.1) is 22.1 Å². The fourth-order valence-electron chi connectivity index (χ4n) is 4.48. The molecule has 0 aliphatic carbocycles. The van der Waals surface area contributed by atoms with E-state index in [1.54, 1.807) is 4.52 Å². The molecule has 2 aromatic heterocycles. The van der Waals surface area contributed by atoms with Gasteiger partial charge in [-0.1, -0.05) is 77.8 Å². The number of aromatic nitrogens is 2. The van der Waals surface area contributed by atoms with Crippen LogP contribution in [-0.2, 0) is 0 Å². The second kappa shape index (κ2) is 7.27. The first kappa shape index (κ1) is 19.2. The SMILES string of the molecule is O=c1c2ccccc2n2c3ccccc3c(-c3ccc(Cl)cc3)c(-c3ccc(Cl)cc3)n12. The lowest BCUT2D eigenvalue weighted by Gasteiger charge is -2.18. The summed E-state index contributed by atoms with van der Waals surface area (Å²) in [5.41, 5.74) is 5.42. The van der Waals surface area contributed by atoms with Crippen LogP contribution >= 0.6 is 23.2 Å². The third-order valence-corrected chi connectivity index (χ3v) is 6.36. The molecular formula is C27H16Cl2N2O. The number of nitrogens with zero attached hydrogens (tertiary/aromatic N) is 2. The van der Waals surface area contributed by atoms with Gasteiger partial charge in [-0.15, -0.1) is 0 Å². The van der Waals surface area contributed by atoms with E-state index < -0.39 is 0 Å². The predicted molar refractivity (Wildman–Crippen MR) is 133 cm³/mol. The van der Waals surface area contributed by atoms with E-state index >= 15 is 0 Å². The normalized spacial score (nSPS) is 11.6. The highest BCUT2D eigenvalue weighted by Crippen LogP contribution is 2.39.